The summed E-state index contributed by atoms with van der Waals surface area (Å²) in [5.41, 5.74) is 9.75. The van der Waals surface area contributed by atoms with Crippen LogP contribution in [0.2, 0.25) is 0 Å². The van der Waals surface area contributed by atoms with Crippen molar-refractivity contribution in [3.05, 3.63) is 82.2 Å². The monoisotopic (exact) mass is 466 g/mol. The zero-order chi connectivity index (χ0) is 24.3. The molecule has 3 rings (SSSR count). The Bertz CT molecular complexity index is 1320. The summed E-state index contributed by atoms with van der Waals surface area (Å²) < 4.78 is 28.0. The molecule has 7 nitrogen and oxygen atoms in total. The van der Waals surface area contributed by atoms with Crippen LogP contribution < -0.4 is 9.73 Å². The second-order valence-electron chi connectivity index (χ2n) is 8.35. The fourth-order valence-corrected chi connectivity index (χ4v) is 4.70. The molecule has 1 aromatic heterocycles. The van der Waals surface area contributed by atoms with Crippen LogP contribution in [0.25, 0.3) is 5.69 Å². The zero-order valence-corrected chi connectivity index (χ0v) is 20.7. The number of carbonyl (C=O) groups is 1. The van der Waals surface area contributed by atoms with E-state index in [-0.39, 0.29) is 6.54 Å². The minimum Gasteiger partial charge on any atom is -0.318 e. The molecule has 0 fully saturated rings. The largest absolute Gasteiger partial charge is 0.318 e. The van der Waals surface area contributed by atoms with Crippen LogP contribution in [0.4, 0.5) is 5.69 Å². The van der Waals surface area contributed by atoms with Gasteiger partial charge < -0.3 is 4.57 Å². The van der Waals surface area contributed by atoms with Gasteiger partial charge in [0.25, 0.3) is 5.91 Å². The minimum absolute atomic E-state index is 0.358. The second-order valence-corrected chi connectivity index (χ2v) is 10.3. The molecule has 0 radical (unpaired) electrons. The van der Waals surface area contributed by atoms with Crippen LogP contribution in [0, 0.1) is 34.6 Å². The van der Waals surface area contributed by atoms with Gasteiger partial charge in [-0.15, -0.1) is 0 Å². The maximum atomic E-state index is 12.5. The smallest absolute Gasteiger partial charge is 0.260 e. The van der Waals surface area contributed by atoms with Gasteiger partial charge in [0.1, 0.15) is 6.54 Å². The van der Waals surface area contributed by atoms with E-state index in [1.54, 1.807) is 12.3 Å². The van der Waals surface area contributed by atoms with E-state index >= 15 is 0 Å². The topological polar surface area (TPSA) is 83.8 Å². The highest BCUT2D eigenvalue weighted by atomic mass is 32.2. The number of carbonyl (C=O) groups excluding carboxylic acids is 1. The molecule has 8 heteroatoms. The van der Waals surface area contributed by atoms with Gasteiger partial charge in [0.05, 0.1) is 18.2 Å². The summed E-state index contributed by atoms with van der Waals surface area (Å²) in [5.74, 6) is -0.523. The van der Waals surface area contributed by atoms with Crippen molar-refractivity contribution in [2.75, 3.05) is 17.1 Å². The lowest BCUT2D eigenvalue weighted by Gasteiger charge is -2.23. The van der Waals surface area contributed by atoms with Crippen LogP contribution >= 0.6 is 0 Å². The van der Waals surface area contributed by atoms with E-state index in [1.165, 1.54) is 5.56 Å². The third kappa shape index (κ3) is 5.70. The maximum Gasteiger partial charge on any atom is 0.260 e. The van der Waals surface area contributed by atoms with Gasteiger partial charge in [-0.2, -0.15) is 5.10 Å². The van der Waals surface area contributed by atoms with E-state index in [0.717, 1.165) is 44.3 Å². The average molecular weight is 467 g/mol. The second kappa shape index (κ2) is 9.62. The minimum atomic E-state index is -3.66. The third-order valence-corrected chi connectivity index (χ3v) is 6.57. The van der Waals surface area contributed by atoms with Crippen molar-refractivity contribution in [3.8, 4) is 5.69 Å². The van der Waals surface area contributed by atoms with E-state index in [0.29, 0.717) is 5.69 Å². The van der Waals surface area contributed by atoms with Gasteiger partial charge in [-0.05, 0) is 75.6 Å². The van der Waals surface area contributed by atoms with Gasteiger partial charge in [-0.3, -0.25) is 9.10 Å². The van der Waals surface area contributed by atoms with Crippen molar-refractivity contribution in [3.63, 3.8) is 0 Å². The van der Waals surface area contributed by atoms with Gasteiger partial charge in [0.15, 0.2) is 0 Å². The number of rotatable bonds is 7. The first-order chi connectivity index (χ1) is 15.5. The molecular weight excluding hydrogens is 436 g/mol. The molecule has 0 bridgehead atoms. The van der Waals surface area contributed by atoms with Crippen molar-refractivity contribution in [2.45, 2.75) is 34.6 Å². The summed E-state index contributed by atoms with van der Waals surface area (Å²) in [6, 6.07) is 15.7. The molecule has 0 saturated heterocycles. The summed E-state index contributed by atoms with van der Waals surface area (Å²) in [5, 5.41) is 4.08. The van der Waals surface area contributed by atoms with Crippen LogP contribution in [0.5, 0.6) is 0 Å². The third-order valence-electron chi connectivity index (χ3n) is 5.44. The predicted octanol–water partition coefficient (Wildman–Crippen LogP) is 3.94. The highest BCUT2D eigenvalue weighted by Crippen LogP contribution is 2.24. The number of sulfonamides is 1. The van der Waals surface area contributed by atoms with Gasteiger partial charge in [0, 0.05) is 22.6 Å². The highest BCUT2D eigenvalue weighted by molar-refractivity contribution is 7.92. The van der Waals surface area contributed by atoms with E-state index < -0.39 is 15.9 Å². The van der Waals surface area contributed by atoms with Crippen molar-refractivity contribution < 1.29 is 13.2 Å². The Morgan fingerprint density at radius 1 is 1.03 bits per heavy atom. The molecule has 1 heterocycles. The van der Waals surface area contributed by atoms with Crippen molar-refractivity contribution in [1.82, 2.24) is 9.99 Å². The van der Waals surface area contributed by atoms with E-state index in [4.69, 9.17) is 0 Å². The van der Waals surface area contributed by atoms with Crippen LogP contribution in [0.1, 0.15) is 33.6 Å². The summed E-state index contributed by atoms with van der Waals surface area (Å²) in [6.07, 6.45) is 2.67. The van der Waals surface area contributed by atoms with Crippen LogP contribution in [-0.4, -0.2) is 37.9 Å². The predicted molar refractivity (Wildman–Crippen MR) is 134 cm³/mol. The number of aryl methyl sites for hydroxylation is 4. The molecule has 2 aromatic carbocycles. The first-order valence-corrected chi connectivity index (χ1v) is 12.4. The number of nitrogens with zero attached hydrogens (tertiary/aromatic N) is 3. The average Bonchev–Trinajstić information content (AvgIpc) is 3.00. The first kappa shape index (κ1) is 24.3. The maximum absolute atomic E-state index is 12.5. The fourth-order valence-electron chi connectivity index (χ4n) is 3.79. The number of hydrazone groups is 1. The number of benzene rings is 2. The quantitative estimate of drug-likeness (QED) is 0.423. The lowest BCUT2D eigenvalue weighted by molar-refractivity contribution is -0.119. The lowest BCUT2D eigenvalue weighted by atomic mass is 10.1. The van der Waals surface area contributed by atoms with Crippen molar-refractivity contribution in [1.29, 1.82) is 0 Å². The number of amides is 1. The van der Waals surface area contributed by atoms with E-state index in [2.05, 4.69) is 21.2 Å². The zero-order valence-electron chi connectivity index (χ0n) is 19.9. The normalized spacial score (nSPS) is 11.7. The molecule has 0 aliphatic rings. The van der Waals surface area contributed by atoms with E-state index in [1.807, 2.05) is 71.0 Å². The molecule has 0 unspecified atom stereocenters. The van der Waals surface area contributed by atoms with Crippen LogP contribution in [0.3, 0.4) is 0 Å². The van der Waals surface area contributed by atoms with Crippen molar-refractivity contribution >= 4 is 27.8 Å². The van der Waals surface area contributed by atoms with Crippen LogP contribution in [0.15, 0.2) is 53.6 Å². The number of hydrogen-bond acceptors (Lipinski definition) is 4. The standard InChI is InChI=1S/C25H30N4O3S/c1-17-8-7-9-23(12-17)29-20(4)14-22(21(29)5)15-26-27-25(30)16-28(33(6,31)32)24-13-18(2)10-11-19(24)3/h7-15H,16H2,1-6H3,(H,27,30)/b26-15-. The lowest BCUT2D eigenvalue weighted by Crippen LogP contribution is -2.39. The molecule has 0 spiro atoms. The molecular formula is C25H30N4O3S. The van der Waals surface area contributed by atoms with Gasteiger partial charge >= 0.3 is 0 Å². The number of nitrogens with one attached hydrogen (secondary N) is 1. The molecule has 3 aromatic rings. The molecule has 33 heavy (non-hydrogen) atoms. The Hall–Kier alpha value is -3.39. The van der Waals surface area contributed by atoms with Gasteiger partial charge in [-0.25, -0.2) is 13.8 Å². The Morgan fingerprint density at radius 3 is 2.39 bits per heavy atom. The SMILES string of the molecule is Cc1cccc(-n2c(C)cc(/C=N\NC(=O)CN(c3cc(C)ccc3C)S(C)(=O)=O)c2C)c1. The molecule has 0 aliphatic carbocycles. The fraction of sp³-hybridized carbons (Fsp3) is 0.280. The molecule has 174 valence electrons. The van der Waals surface area contributed by atoms with E-state index in [9.17, 15) is 13.2 Å². The number of hydrogen-bond donors (Lipinski definition) is 1. The Labute approximate surface area is 195 Å². The first-order valence-electron chi connectivity index (χ1n) is 10.6. The summed E-state index contributed by atoms with van der Waals surface area (Å²) in [7, 11) is -3.66. The molecule has 1 amide bonds. The molecule has 1 N–H and O–H groups in total. The Morgan fingerprint density at radius 2 is 1.73 bits per heavy atom. The van der Waals surface area contributed by atoms with Gasteiger partial charge in [-0.1, -0.05) is 24.3 Å². The summed E-state index contributed by atoms with van der Waals surface area (Å²) in [4.78, 5) is 12.5. The summed E-state index contributed by atoms with van der Waals surface area (Å²) >= 11 is 0. The number of anilines is 1. The van der Waals surface area contributed by atoms with Crippen LogP contribution in [-0.2, 0) is 14.8 Å². The highest BCUT2D eigenvalue weighted by Gasteiger charge is 2.22. The number of aromatic nitrogens is 1. The molecule has 0 saturated carbocycles. The Kier molecular flexibility index (Phi) is 7.07. The summed E-state index contributed by atoms with van der Waals surface area (Å²) in [6.45, 7) is 9.38. The van der Waals surface area contributed by atoms with Crippen molar-refractivity contribution in [2.24, 2.45) is 5.10 Å². The molecule has 0 atom stereocenters. The molecule has 0 aliphatic heterocycles. The Balaban J connectivity index is 1.77. The van der Waals surface area contributed by atoms with Gasteiger partial charge in [0.2, 0.25) is 10.0 Å².